The summed E-state index contributed by atoms with van der Waals surface area (Å²) in [5.74, 6) is -0.155. The summed E-state index contributed by atoms with van der Waals surface area (Å²) in [5.41, 5.74) is 1.20. The lowest BCUT2D eigenvalue weighted by atomic mass is 10.1. The Balaban J connectivity index is 1.88. The van der Waals surface area contributed by atoms with Crippen LogP contribution in [0.1, 0.15) is 25.3 Å². The smallest absolute Gasteiger partial charge is 0.123 e. The number of benzene rings is 1. The second kappa shape index (κ2) is 6.12. The normalized spacial score (nSPS) is 22.4. The monoisotopic (exact) mass is 236 g/mol. The quantitative estimate of drug-likeness (QED) is 0.867. The predicted octanol–water partition coefficient (Wildman–Crippen LogP) is 2.40. The fourth-order valence-electron chi connectivity index (χ4n) is 2.33. The van der Waals surface area contributed by atoms with Gasteiger partial charge >= 0.3 is 0 Å². The molecule has 94 valence electrons. The summed E-state index contributed by atoms with van der Waals surface area (Å²) < 4.78 is 12.8. The summed E-state index contributed by atoms with van der Waals surface area (Å²) >= 11 is 0. The van der Waals surface area contributed by atoms with Crippen molar-refractivity contribution in [3.05, 3.63) is 35.6 Å². The minimum Gasteiger partial charge on any atom is -0.313 e. The summed E-state index contributed by atoms with van der Waals surface area (Å²) in [6.45, 7) is 6.42. The van der Waals surface area contributed by atoms with Gasteiger partial charge in [-0.15, -0.1) is 0 Å². The largest absolute Gasteiger partial charge is 0.313 e. The SMILES string of the molecule is CCC1CCN(Cc2ccc(F)cc2)CCN1. The van der Waals surface area contributed by atoms with Crippen LogP contribution in [0.2, 0.25) is 0 Å². The van der Waals surface area contributed by atoms with E-state index in [0.717, 1.165) is 26.2 Å². The summed E-state index contributed by atoms with van der Waals surface area (Å²) in [5, 5.41) is 3.55. The van der Waals surface area contributed by atoms with Crippen LogP contribution in [0.4, 0.5) is 4.39 Å². The van der Waals surface area contributed by atoms with Crippen LogP contribution in [0, 0.1) is 5.82 Å². The molecule has 1 N–H and O–H groups in total. The van der Waals surface area contributed by atoms with E-state index in [-0.39, 0.29) is 5.82 Å². The van der Waals surface area contributed by atoms with E-state index in [0.29, 0.717) is 6.04 Å². The highest BCUT2D eigenvalue weighted by Gasteiger charge is 2.14. The third kappa shape index (κ3) is 3.79. The van der Waals surface area contributed by atoms with E-state index in [2.05, 4.69) is 17.1 Å². The van der Waals surface area contributed by atoms with Crippen molar-refractivity contribution in [1.82, 2.24) is 10.2 Å². The topological polar surface area (TPSA) is 15.3 Å². The molecule has 0 amide bonds. The van der Waals surface area contributed by atoms with Crippen molar-refractivity contribution in [3.63, 3.8) is 0 Å². The standard InChI is InChI=1S/C14H21FN2/c1-2-14-7-9-17(10-8-16-14)11-12-3-5-13(15)6-4-12/h3-6,14,16H,2,7-11H2,1H3. The van der Waals surface area contributed by atoms with Crippen LogP contribution in [-0.4, -0.2) is 30.6 Å². The summed E-state index contributed by atoms with van der Waals surface area (Å²) in [6, 6.07) is 7.50. The Morgan fingerprint density at radius 2 is 2.06 bits per heavy atom. The van der Waals surface area contributed by atoms with Crippen LogP contribution in [0.5, 0.6) is 0 Å². The maximum absolute atomic E-state index is 12.8. The van der Waals surface area contributed by atoms with Gasteiger partial charge in [-0.05, 0) is 30.5 Å². The van der Waals surface area contributed by atoms with Crippen molar-refractivity contribution >= 4 is 0 Å². The molecule has 0 radical (unpaired) electrons. The Morgan fingerprint density at radius 1 is 1.29 bits per heavy atom. The lowest BCUT2D eigenvalue weighted by Crippen LogP contribution is -2.29. The lowest BCUT2D eigenvalue weighted by Gasteiger charge is -2.19. The van der Waals surface area contributed by atoms with Crippen LogP contribution < -0.4 is 5.32 Å². The first-order valence-corrected chi connectivity index (χ1v) is 6.48. The zero-order valence-electron chi connectivity index (χ0n) is 10.5. The minimum atomic E-state index is -0.155. The Bertz CT molecular complexity index is 337. The van der Waals surface area contributed by atoms with E-state index in [4.69, 9.17) is 0 Å². The molecule has 0 bridgehead atoms. The molecule has 0 spiro atoms. The van der Waals surface area contributed by atoms with Gasteiger partial charge in [-0.2, -0.15) is 0 Å². The van der Waals surface area contributed by atoms with Crippen molar-refractivity contribution in [2.75, 3.05) is 19.6 Å². The van der Waals surface area contributed by atoms with Gasteiger partial charge in [0.15, 0.2) is 0 Å². The van der Waals surface area contributed by atoms with Crippen molar-refractivity contribution in [3.8, 4) is 0 Å². The molecule has 1 heterocycles. The average Bonchev–Trinajstić information content (AvgIpc) is 2.57. The van der Waals surface area contributed by atoms with Gasteiger partial charge < -0.3 is 5.32 Å². The first-order valence-electron chi connectivity index (χ1n) is 6.48. The van der Waals surface area contributed by atoms with E-state index in [1.54, 1.807) is 12.1 Å². The van der Waals surface area contributed by atoms with Crippen LogP contribution in [0.3, 0.4) is 0 Å². The third-order valence-electron chi connectivity index (χ3n) is 3.47. The van der Waals surface area contributed by atoms with Crippen molar-refractivity contribution < 1.29 is 4.39 Å². The van der Waals surface area contributed by atoms with E-state index < -0.39 is 0 Å². The number of nitrogens with one attached hydrogen (secondary N) is 1. The molecule has 3 heteroatoms. The molecule has 0 saturated carbocycles. The fraction of sp³-hybridized carbons (Fsp3) is 0.571. The van der Waals surface area contributed by atoms with E-state index in [1.807, 2.05) is 12.1 Å². The molecular weight excluding hydrogens is 215 g/mol. The molecule has 1 aromatic rings. The summed E-state index contributed by atoms with van der Waals surface area (Å²) in [7, 11) is 0. The van der Waals surface area contributed by atoms with Crippen LogP contribution >= 0.6 is 0 Å². The Morgan fingerprint density at radius 3 is 2.76 bits per heavy atom. The molecule has 2 rings (SSSR count). The lowest BCUT2D eigenvalue weighted by molar-refractivity contribution is 0.281. The predicted molar refractivity (Wildman–Crippen MR) is 68.4 cm³/mol. The number of halogens is 1. The molecule has 0 aromatic heterocycles. The molecule has 17 heavy (non-hydrogen) atoms. The minimum absolute atomic E-state index is 0.155. The zero-order valence-corrected chi connectivity index (χ0v) is 10.5. The van der Waals surface area contributed by atoms with Gasteiger partial charge in [-0.3, -0.25) is 4.90 Å². The van der Waals surface area contributed by atoms with E-state index >= 15 is 0 Å². The first kappa shape index (κ1) is 12.5. The van der Waals surface area contributed by atoms with Crippen LogP contribution in [0.25, 0.3) is 0 Å². The van der Waals surface area contributed by atoms with Gasteiger partial charge in [-0.1, -0.05) is 19.1 Å². The Kier molecular flexibility index (Phi) is 4.51. The summed E-state index contributed by atoms with van der Waals surface area (Å²) in [6.07, 6.45) is 2.40. The second-order valence-corrected chi connectivity index (χ2v) is 4.75. The van der Waals surface area contributed by atoms with Crippen molar-refractivity contribution in [2.45, 2.75) is 32.4 Å². The van der Waals surface area contributed by atoms with Gasteiger partial charge in [0, 0.05) is 32.2 Å². The summed E-state index contributed by atoms with van der Waals surface area (Å²) in [4.78, 5) is 2.44. The molecule has 2 nitrogen and oxygen atoms in total. The molecule has 1 fully saturated rings. The number of nitrogens with zero attached hydrogens (tertiary/aromatic N) is 1. The van der Waals surface area contributed by atoms with Gasteiger partial charge in [-0.25, -0.2) is 4.39 Å². The molecule has 0 aliphatic carbocycles. The van der Waals surface area contributed by atoms with Crippen LogP contribution in [-0.2, 0) is 6.54 Å². The molecule has 1 atom stereocenters. The van der Waals surface area contributed by atoms with Gasteiger partial charge in [0.05, 0.1) is 0 Å². The Labute approximate surface area is 103 Å². The second-order valence-electron chi connectivity index (χ2n) is 4.75. The van der Waals surface area contributed by atoms with Crippen molar-refractivity contribution in [1.29, 1.82) is 0 Å². The Hall–Kier alpha value is -0.930. The first-order chi connectivity index (χ1) is 8.28. The molecule has 1 aliphatic rings. The van der Waals surface area contributed by atoms with Gasteiger partial charge in [0.2, 0.25) is 0 Å². The molecular formula is C14H21FN2. The third-order valence-corrected chi connectivity index (χ3v) is 3.47. The van der Waals surface area contributed by atoms with Gasteiger partial charge in [0.1, 0.15) is 5.82 Å². The number of hydrogen-bond donors (Lipinski definition) is 1. The highest BCUT2D eigenvalue weighted by molar-refractivity contribution is 5.15. The average molecular weight is 236 g/mol. The van der Waals surface area contributed by atoms with Gasteiger partial charge in [0.25, 0.3) is 0 Å². The maximum atomic E-state index is 12.8. The molecule has 1 saturated heterocycles. The highest BCUT2D eigenvalue weighted by atomic mass is 19.1. The highest BCUT2D eigenvalue weighted by Crippen LogP contribution is 2.10. The molecule has 1 aromatic carbocycles. The number of hydrogen-bond acceptors (Lipinski definition) is 2. The molecule has 1 aliphatic heterocycles. The van der Waals surface area contributed by atoms with E-state index in [9.17, 15) is 4.39 Å². The number of rotatable bonds is 3. The maximum Gasteiger partial charge on any atom is 0.123 e. The van der Waals surface area contributed by atoms with E-state index in [1.165, 1.54) is 18.4 Å². The molecule has 1 unspecified atom stereocenters. The van der Waals surface area contributed by atoms with Crippen molar-refractivity contribution in [2.24, 2.45) is 0 Å². The fourth-order valence-corrected chi connectivity index (χ4v) is 2.33. The van der Waals surface area contributed by atoms with Crippen LogP contribution in [0.15, 0.2) is 24.3 Å². The zero-order chi connectivity index (χ0) is 12.1.